The molecule has 0 radical (unpaired) electrons. The van der Waals surface area contributed by atoms with Gasteiger partial charge >= 0.3 is 11.9 Å². The molecule has 12 nitrogen and oxygen atoms in total. The molecule has 4 N–H and O–H groups in total. The Morgan fingerprint density at radius 3 is 1.71 bits per heavy atom. The van der Waals surface area contributed by atoms with Gasteiger partial charge in [-0.05, 0) is 75.5 Å². The zero-order valence-corrected chi connectivity index (χ0v) is 25.9. The van der Waals surface area contributed by atoms with Crippen LogP contribution in [0.25, 0.3) is 9.69 Å². The van der Waals surface area contributed by atoms with Gasteiger partial charge in [0.2, 0.25) is 5.78 Å². The zero-order chi connectivity index (χ0) is 32.8. The summed E-state index contributed by atoms with van der Waals surface area (Å²) < 4.78 is 8.53. The lowest BCUT2D eigenvalue weighted by atomic mass is 10.2. The number of hydrogen-bond acceptors (Lipinski definition) is 10. The molecule has 0 aliphatic rings. The summed E-state index contributed by atoms with van der Waals surface area (Å²) in [5.74, 6) is 5.71. The molecule has 0 fully saturated rings. The van der Waals surface area contributed by atoms with Crippen LogP contribution in [-0.4, -0.2) is 50.1 Å². The van der Waals surface area contributed by atoms with Crippen LogP contribution < -0.4 is 16.7 Å². The number of nitrogen functional groups attached to an aromatic ring is 1. The normalized spacial score (nSPS) is 9.19. The topological polar surface area (TPSA) is 153 Å². The predicted molar refractivity (Wildman–Crippen MR) is 168 cm³/mol. The van der Waals surface area contributed by atoms with Gasteiger partial charge in [0.05, 0.1) is 48.8 Å². The number of aryl methyl sites for hydroxylation is 2. The maximum atomic E-state index is 11.1. The van der Waals surface area contributed by atoms with E-state index in [0.717, 1.165) is 24.6 Å². The van der Waals surface area contributed by atoms with Crippen molar-refractivity contribution in [2.45, 2.75) is 34.6 Å². The van der Waals surface area contributed by atoms with Gasteiger partial charge in [-0.15, -0.1) is 0 Å². The van der Waals surface area contributed by atoms with E-state index in [-0.39, 0.29) is 5.71 Å². The number of nitrogens with one attached hydrogen (secondary N) is 2. The van der Waals surface area contributed by atoms with Gasteiger partial charge in [0.1, 0.15) is 5.71 Å². The van der Waals surface area contributed by atoms with Gasteiger partial charge in [-0.25, -0.2) is 24.3 Å². The molecular weight excluding hydrogens is 585 g/mol. The molecule has 0 saturated carbocycles. The highest BCUT2D eigenvalue weighted by Gasteiger charge is 2.08. The molecule has 0 saturated heterocycles. The number of halogens is 2. The number of hydrazone groups is 1. The number of aliphatic imine (C=N–C) groups is 1. The molecule has 0 aliphatic heterocycles. The van der Waals surface area contributed by atoms with Crippen molar-refractivity contribution >= 4 is 75.3 Å². The van der Waals surface area contributed by atoms with Crippen LogP contribution in [0.5, 0.6) is 0 Å². The molecular formula is C28H33Cl2N7O5. The third kappa shape index (κ3) is 15.2. The number of carbonyl (C=O) groups is 3. The number of carbonyl (C=O) groups excluding carboxylic acids is 3. The van der Waals surface area contributed by atoms with Crippen molar-refractivity contribution in [2.24, 2.45) is 15.9 Å². The van der Waals surface area contributed by atoms with Crippen LogP contribution >= 0.6 is 23.2 Å². The van der Waals surface area contributed by atoms with Crippen molar-refractivity contribution in [1.82, 2.24) is 0 Å². The van der Waals surface area contributed by atoms with Gasteiger partial charge in [0.25, 0.3) is 0 Å². The van der Waals surface area contributed by atoms with Crippen molar-refractivity contribution < 1.29 is 23.9 Å². The molecule has 224 valence electrons. The Morgan fingerprint density at radius 1 is 0.952 bits per heavy atom. The van der Waals surface area contributed by atoms with Crippen molar-refractivity contribution in [3.8, 4) is 0 Å². The van der Waals surface area contributed by atoms with E-state index in [1.807, 2.05) is 13.8 Å². The van der Waals surface area contributed by atoms with Crippen LogP contribution in [0.1, 0.15) is 31.9 Å². The minimum Gasteiger partial charge on any atom is -0.464 e. The number of ketones is 1. The van der Waals surface area contributed by atoms with Crippen molar-refractivity contribution in [2.75, 3.05) is 31.6 Å². The second-order valence-electron chi connectivity index (χ2n) is 7.59. The third-order valence-corrected chi connectivity index (χ3v) is 5.16. The summed E-state index contributed by atoms with van der Waals surface area (Å²) in [6.07, 6.45) is 0. The molecule has 2 aromatic rings. The van der Waals surface area contributed by atoms with Crippen molar-refractivity contribution in [1.29, 1.82) is 0 Å². The largest absolute Gasteiger partial charge is 0.464 e. The number of benzene rings is 2. The number of Topliss-reactive ketones (excluding diaryl/α,β-unsaturated/α-hetero) is 1. The van der Waals surface area contributed by atoms with Crippen LogP contribution in [0.3, 0.4) is 0 Å². The summed E-state index contributed by atoms with van der Waals surface area (Å²) in [5, 5.41) is 4.69. The lowest BCUT2D eigenvalue weighted by Gasteiger charge is -2.07. The van der Waals surface area contributed by atoms with E-state index >= 15 is 0 Å². The van der Waals surface area contributed by atoms with E-state index in [1.165, 1.54) is 21.1 Å². The van der Waals surface area contributed by atoms with Gasteiger partial charge in [-0.3, -0.25) is 16.1 Å². The van der Waals surface area contributed by atoms with Crippen molar-refractivity contribution in [3.63, 3.8) is 0 Å². The molecule has 14 heteroatoms. The quantitative estimate of drug-likeness (QED) is 0.0857. The zero-order valence-electron chi connectivity index (χ0n) is 24.4. The third-order valence-electron chi connectivity index (χ3n) is 4.54. The fourth-order valence-electron chi connectivity index (χ4n) is 2.37. The number of ether oxygens (including phenoxy) is 2. The second kappa shape index (κ2) is 22.0. The molecule has 42 heavy (non-hydrogen) atoms. The first kappa shape index (κ1) is 39.4. The number of hydrazine groups is 1. The van der Waals surface area contributed by atoms with Crippen LogP contribution in [0, 0.1) is 27.0 Å². The van der Waals surface area contributed by atoms with Gasteiger partial charge in [0.15, 0.2) is 11.4 Å². The van der Waals surface area contributed by atoms with Crippen LogP contribution in [0.15, 0.2) is 40.9 Å². The standard InChI is InChI=1S/C12H12ClN3O2.C8H8ClN3.C4H7N.C4H6O3/c1-7-5-11(9(13)6-10(7)14-3)16-15-8(2)12(17)18-4;1-5-3-8(12-10)6(9)4-7(5)11-2;1-3-5-4-2;1-3(5)4(6)7-2/h5-6,16H,1-2,4H3;3-4,12H,10H2,1H3;1,4H2,2H3;1-2H3/b15-8+;;;. The minimum absolute atomic E-state index is 0.181. The number of esters is 2. The molecule has 2 aromatic carbocycles. The number of nitrogens with zero attached hydrogens (tertiary/aromatic N) is 4. The van der Waals surface area contributed by atoms with Crippen LogP contribution in [0.4, 0.5) is 22.7 Å². The predicted octanol–water partition coefficient (Wildman–Crippen LogP) is 6.26. The summed E-state index contributed by atoms with van der Waals surface area (Å²) in [6, 6.07) is 6.59. The van der Waals surface area contributed by atoms with Crippen molar-refractivity contribution in [3.05, 3.63) is 74.9 Å². The van der Waals surface area contributed by atoms with Crippen LogP contribution in [0.2, 0.25) is 10.0 Å². The van der Waals surface area contributed by atoms with Gasteiger partial charge in [-0.2, -0.15) is 5.10 Å². The Bertz CT molecular complexity index is 1410. The Kier molecular flexibility index (Phi) is 20.7. The van der Waals surface area contributed by atoms with E-state index in [1.54, 1.807) is 31.2 Å². The molecule has 0 aromatic heterocycles. The molecule has 2 rings (SSSR count). The fourth-order valence-corrected chi connectivity index (χ4v) is 2.78. The molecule has 0 bridgehead atoms. The fraction of sp³-hybridized carbons (Fsp3) is 0.286. The van der Waals surface area contributed by atoms with E-state index in [0.29, 0.717) is 32.8 Å². The highest BCUT2D eigenvalue weighted by Crippen LogP contribution is 2.31. The second-order valence-corrected chi connectivity index (χ2v) is 8.40. The minimum atomic E-state index is -0.792. The smallest absolute Gasteiger partial charge is 0.374 e. The molecule has 0 spiro atoms. The maximum absolute atomic E-state index is 11.1. The highest BCUT2D eigenvalue weighted by atomic mass is 35.5. The van der Waals surface area contributed by atoms with Gasteiger partial charge in [-0.1, -0.05) is 23.2 Å². The maximum Gasteiger partial charge on any atom is 0.374 e. The molecule has 0 aliphatic carbocycles. The number of methoxy groups -OCH3 is 2. The molecule has 0 unspecified atom stereocenters. The average molecular weight is 619 g/mol. The van der Waals surface area contributed by atoms with Gasteiger partial charge in [0, 0.05) is 13.5 Å². The molecule has 0 amide bonds. The summed E-state index contributed by atoms with van der Waals surface area (Å²) in [7, 11) is 2.45. The SMILES string of the molecule is C=C=NCC.COC(=O)C(C)=O.[C-]#[N+]c1cc(Cl)c(N/N=C(\C)C(=O)OC)cc1C.[C-]#[N+]c1cc(Cl)c(NN)cc1C. The Labute approximate surface area is 255 Å². The first-order chi connectivity index (χ1) is 19.8. The van der Waals surface area contributed by atoms with E-state index in [2.05, 4.69) is 52.6 Å². The summed E-state index contributed by atoms with van der Waals surface area (Å²) in [6.45, 7) is 26.1. The Hall–Kier alpha value is -4.71. The average Bonchev–Trinajstić information content (AvgIpc) is 2.98. The summed E-state index contributed by atoms with van der Waals surface area (Å²) >= 11 is 11.8. The number of nitrogens with two attached hydrogens (primary N) is 1. The first-order valence-corrected chi connectivity index (χ1v) is 12.5. The number of hydrogen-bond donors (Lipinski definition) is 3. The Morgan fingerprint density at radius 2 is 1.40 bits per heavy atom. The number of anilines is 2. The van der Waals surface area contributed by atoms with E-state index in [9.17, 15) is 14.4 Å². The van der Waals surface area contributed by atoms with Crippen LogP contribution in [-0.2, 0) is 23.9 Å². The molecule has 0 heterocycles. The highest BCUT2D eigenvalue weighted by molar-refractivity contribution is 6.36. The monoisotopic (exact) mass is 617 g/mol. The Balaban J connectivity index is 0. The lowest BCUT2D eigenvalue weighted by molar-refractivity contribution is -0.150. The van der Waals surface area contributed by atoms with E-state index in [4.69, 9.17) is 42.2 Å². The van der Waals surface area contributed by atoms with E-state index < -0.39 is 17.7 Å². The lowest BCUT2D eigenvalue weighted by Crippen LogP contribution is -2.13. The first-order valence-electron chi connectivity index (χ1n) is 11.8. The summed E-state index contributed by atoms with van der Waals surface area (Å²) in [4.78, 5) is 41.2. The van der Waals surface area contributed by atoms with Gasteiger partial charge < -0.3 is 14.9 Å². The number of rotatable bonds is 6. The molecule has 0 atom stereocenters. The summed E-state index contributed by atoms with van der Waals surface area (Å²) in [5.41, 5.74) is 9.16.